The molecule has 1 aromatic heterocycles. The molecule has 0 amide bonds. The van der Waals surface area contributed by atoms with Crippen LogP contribution in [0.4, 0.5) is 0 Å². The van der Waals surface area contributed by atoms with Gasteiger partial charge in [0.15, 0.2) is 0 Å². The standard InChI is InChI=1S/C28H32N2O3/c1-18(2)33-23-7-9-24(19(3)15-23)20-5-8-25-21(16-20)12-14-30(4)27(25)10-6-22-17-29-13-11-26(22)28(31)32/h5,7-9,11,13,15-18,27H,6,10,12,14H2,1-4H3,(H,31,32)/t27-/m1/s1. The van der Waals surface area contributed by atoms with Crippen molar-refractivity contribution in [3.05, 3.63) is 82.7 Å². The van der Waals surface area contributed by atoms with Crippen molar-refractivity contribution in [3.63, 3.8) is 0 Å². The maximum absolute atomic E-state index is 11.6. The van der Waals surface area contributed by atoms with E-state index in [1.807, 2.05) is 19.9 Å². The van der Waals surface area contributed by atoms with Crippen LogP contribution >= 0.6 is 0 Å². The number of rotatable bonds is 7. The summed E-state index contributed by atoms with van der Waals surface area (Å²) in [4.78, 5) is 18.1. The van der Waals surface area contributed by atoms with Crippen LogP contribution in [0, 0.1) is 6.92 Å². The number of fused-ring (bicyclic) bond motifs is 1. The highest BCUT2D eigenvalue weighted by Crippen LogP contribution is 2.36. The van der Waals surface area contributed by atoms with Gasteiger partial charge in [0.25, 0.3) is 0 Å². The predicted octanol–water partition coefficient (Wildman–Crippen LogP) is 5.70. The van der Waals surface area contributed by atoms with Gasteiger partial charge >= 0.3 is 5.97 Å². The lowest BCUT2D eigenvalue weighted by Gasteiger charge is -2.35. The van der Waals surface area contributed by atoms with E-state index in [1.54, 1.807) is 18.5 Å². The van der Waals surface area contributed by atoms with Crippen LogP contribution in [0.15, 0.2) is 54.9 Å². The number of aromatic carboxylic acids is 1. The Hall–Kier alpha value is -3.18. The molecule has 2 heterocycles. The first kappa shape index (κ1) is 23.0. The highest BCUT2D eigenvalue weighted by atomic mass is 16.5. The smallest absolute Gasteiger partial charge is 0.336 e. The molecule has 0 spiro atoms. The Morgan fingerprint density at radius 1 is 1.21 bits per heavy atom. The Morgan fingerprint density at radius 2 is 2.03 bits per heavy atom. The van der Waals surface area contributed by atoms with Gasteiger partial charge < -0.3 is 9.84 Å². The molecule has 1 aliphatic rings. The molecule has 0 aliphatic carbocycles. The first-order chi connectivity index (χ1) is 15.8. The Labute approximate surface area is 196 Å². The molecule has 5 nitrogen and oxygen atoms in total. The molecule has 2 aromatic carbocycles. The van der Waals surface area contributed by atoms with E-state index < -0.39 is 5.97 Å². The van der Waals surface area contributed by atoms with Gasteiger partial charge in [0.1, 0.15) is 5.75 Å². The topological polar surface area (TPSA) is 62.7 Å². The van der Waals surface area contributed by atoms with E-state index in [1.165, 1.54) is 27.8 Å². The van der Waals surface area contributed by atoms with E-state index >= 15 is 0 Å². The van der Waals surface area contributed by atoms with Crippen molar-refractivity contribution in [1.29, 1.82) is 0 Å². The first-order valence-corrected chi connectivity index (χ1v) is 11.6. The normalized spacial score (nSPS) is 16.0. The van der Waals surface area contributed by atoms with Crippen LogP contribution in [0.25, 0.3) is 11.1 Å². The van der Waals surface area contributed by atoms with Gasteiger partial charge in [-0.05, 0) is 98.7 Å². The van der Waals surface area contributed by atoms with Crippen LogP contribution in [0.2, 0.25) is 0 Å². The van der Waals surface area contributed by atoms with E-state index in [9.17, 15) is 9.90 Å². The third-order valence-corrected chi connectivity index (χ3v) is 6.47. The zero-order valence-electron chi connectivity index (χ0n) is 19.8. The first-order valence-electron chi connectivity index (χ1n) is 11.6. The SMILES string of the molecule is Cc1cc(OC(C)C)ccc1-c1ccc2c(c1)CCN(C)[C@@H]2CCc1cnccc1C(=O)O. The van der Waals surface area contributed by atoms with Gasteiger partial charge in [-0.25, -0.2) is 4.79 Å². The summed E-state index contributed by atoms with van der Waals surface area (Å²) < 4.78 is 5.84. The molecule has 172 valence electrons. The second-order valence-corrected chi connectivity index (χ2v) is 9.18. The Balaban J connectivity index is 1.58. The average molecular weight is 445 g/mol. The fourth-order valence-electron chi connectivity index (χ4n) is 4.81. The number of aryl methyl sites for hydroxylation is 2. The molecule has 0 saturated carbocycles. The number of nitrogens with zero attached hydrogens (tertiary/aromatic N) is 2. The van der Waals surface area contributed by atoms with Gasteiger partial charge in [0, 0.05) is 25.0 Å². The van der Waals surface area contributed by atoms with Gasteiger partial charge in [0.05, 0.1) is 11.7 Å². The maximum atomic E-state index is 11.6. The van der Waals surface area contributed by atoms with Gasteiger partial charge in [0.2, 0.25) is 0 Å². The van der Waals surface area contributed by atoms with Crippen molar-refractivity contribution in [2.24, 2.45) is 0 Å². The maximum Gasteiger partial charge on any atom is 0.336 e. The second kappa shape index (κ2) is 9.75. The fraction of sp³-hybridized carbons (Fsp3) is 0.357. The lowest BCUT2D eigenvalue weighted by atomic mass is 9.86. The van der Waals surface area contributed by atoms with Crippen molar-refractivity contribution in [1.82, 2.24) is 9.88 Å². The molecular formula is C28H32N2O3. The average Bonchev–Trinajstić information content (AvgIpc) is 2.78. The van der Waals surface area contributed by atoms with Crippen LogP contribution in [0.3, 0.4) is 0 Å². The fourth-order valence-corrected chi connectivity index (χ4v) is 4.81. The van der Waals surface area contributed by atoms with Crippen LogP contribution in [-0.2, 0) is 12.8 Å². The molecule has 1 atom stereocenters. The summed E-state index contributed by atoms with van der Waals surface area (Å²) in [5.41, 5.74) is 7.51. The summed E-state index contributed by atoms with van der Waals surface area (Å²) in [5.74, 6) is 0.0108. The van der Waals surface area contributed by atoms with Crippen molar-refractivity contribution >= 4 is 5.97 Å². The van der Waals surface area contributed by atoms with Gasteiger partial charge in [-0.3, -0.25) is 9.88 Å². The zero-order chi connectivity index (χ0) is 23.5. The Bertz CT molecular complexity index is 1160. The summed E-state index contributed by atoms with van der Waals surface area (Å²) in [6.07, 6.45) is 5.94. The predicted molar refractivity (Wildman–Crippen MR) is 131 cm³/mol. The van der Waals surface area contributed by atoms with Crippen LogP contribution < -0.4 is 4.74 Å². The summed E-state index contributed by atoms with van der Waals surface area (Å²) in [6, 6.07) is 14.9. The number of likely N-dealkylation sites (N-methyl/N-ethyl adjacent to an activating group) is 1. The largest absolute Gasteiger partial charge is 0.491 e. The van der Waals surface area contributed by atoms with Crippen molar-refractivity contribution < 1.29 is 14.6 Å². The van der Waals surface area contributed by atoms with Gasteiger partial charge in [-0.15, -0.1) is 0 Å². The van der Waals surface area contributed by atoms with Crippen LogP contribution in [0.5, 0.6) is 5.75 Å². The number of hydrogen-bond donors (Lipinski definition) is 1. The summed E-state index contributed by atoms with van der Waals surface area (Å²) in [6.45, 7) is 7.19. The minimum atomic E-state index is -0.894. The second-order valence-electron chi connectivity index (χ2n) is 9.18. The van der Waals surface area contributed by atoms with Crippen LogP contribution in [0.1, 0.15) is 58.9 Å². The van der Waals surface area contributed by atoms with Crippen molar-refractivity contribution in [2.75, 3.05) is 13.6 Å². The summed E-state index contributed by atoms with van der Waals surface area (Å²) in [7, 11) is 2.15. The van der Waals surface area contributed by atoms with Gasteiger partial charge in [-0.2, -0.15) is 0 Å². The molecule has 1 N–H and O–H groups in total. The summed E-state index contributed by atoms with van der Waals surface area (Å²) in [5, 5.41) is 9.49. The molecule has 0 saturated heterocycles. The number of carboxylic acid groups (broad SMARTS) is 1. The molecule has 0 bridgehead atoms. The number of ether oxygens (including phenoxy) is 1. The van der Waals surface area contributed by atoms with E-state index in [0.717, 1.165) is 30.7 Å². The third-order valence-electron chi connectivity index (χ3n) is 6.47. The lowest BCUT2D eigenvalue weighted by molar-refractivity contribution is 0.0695. The molecule has 5 heteroatoms. The monoisotopic (exact) mass is 444 g/mol. The van der Waals surface area contributed by atoms with Crippen molar-refractivity contribution in [3.8, 4) is 16.9 Å². The summed E-state index contributed by atoms with van der Waals surface area (Å²) >= 11 is 0. The number of benzene rings is 2. The number of aromatic nitrogens is 1. The highest BCUT2D eigenvalue weighted by molar-refractivity contribution is 5.89. The zero-order valence-corrected chi connectivity index (χ0v) is 19.8. The molecule has 1 aliphatic heterocycles. The molecule has 4 rings (SSSR count). The Morgan fingerprint density at radius 3 is 2.76 bits per heavy atom. The molecule has 33 heavy (non-hydrogen) atoms. The molecule has 3 aromatic rings. The minimum absolute atomic E-state index is 0.158. The quantitative estimate of drug-likeness (QED) is 0.506. The third kappa shape index (κ3) is 5.09. The minimum Gasteiger partial charge on any atom is -0.491 e. The van der Waals surface area contributed by atoms with E-state index in [0.29, 0.717) is 12.0 Å². The van der Waals surface area contributed by atoms with E-state index in [2.05, 4.69) is 54.2 Å². The van der Waals surface area contributed by atoms with E-state index in [-0.39, 0.29) is 12.1 Å². The molecular weight excluding hydrogens is 412 g/mol. The lowest BCUT2D eigenvalue weighted by Crippen LogP contribution is -2.32. The number of pyridine rings is 1. The Kier molecular flexibility index (Phi) is 6.80. The van der Waals surface area contributed by atoms with Gasteiger partial charge in [-0.1, -0.05) is 24.3 Å². The molecule has 0 unspecified atom stereocenters. The van der Waals surface area contributed by atoms with Crippen LogP contribution in [-0.4, -0.2) is 40.7 Å². The molecule has 0 fully saturated rings. The number of carbonyl (C=O) groups is 1. The number of carboxylic acids is 1. The number of hydrogen-bond acceptors (Lipinski definition) is 4. The van der Waals surface area contributed by atoms with E-state index in [4.69, 9.17) is 4.74 Å². The highest BCUT2D eigenvalue weighted by Gasteiger charge is 2.25. The molecule has 0 radical (unpaired) electrons. The van der Waals surface area contributed by atoms with Crippen molar-refractivity contribution in [2.45, 2.75) is 52.2 Å².